The van der Waals surface area contributed by atoms with Crippen molar-refractivity contribution in [2.75, 3.05) is 5.32 Å². The zero-order valence-corrected chi connectivity index (χ0v) is 14.8. The fourth-order valence-electron chi connectivity index (χ4n) is 2.16. The smallest absolute Gasteiger partial charge is 0.327 e. The zero-order chi connectivity index (χ0) is 19.2. The molecular weight excluding hydrogens is 348 g/mol. The van der Waals surface area contributed by atoms with E-state index in [0.717, 1.165) is 5.69 Å². The highest BCUT2D eigenvalue weighted by molar-refractivity contribution is 6.00. The number of nitrogens with zero attached hydrogens (tertiary/aromatic N) is 4. The summed E-state index contributed by atoms with van der Waals surface area (Å²) in [5.41, 5.74) is 0.889. The van der Waals surface area contributed by atoms with Crippen LogP contribution in [0.4, 0.5) is 10.6 Å². The minimum atomic E-state index is -0.627. The van der Waals surface area contributed by atoms with E-state index in [1.54, 1.807) is 48.3 Å². The van der Waals surface area contributed by atoms with Crippen molar-refractivity contribution in [2.24, 2.45) is 0 Å². The monoisotopic (exact) mass is 366 g/mol. The van der Waals surface area contributed by atoms with Crippen LogP contribution in [0.2, 0.25) is 0 Å². The van der Waals surface area contributed by atoms with Gasteiger partial charge >= 0.3 is 6.03 Å². The van der Waals surface area contributed by atoms with Gasteiger partial charge in [-0.05, 0) is 25.1 Å². The van der Waals surface area contributed by atoms with E-state index >= 15 is 0 Å². The van der Waals surface area contributed by atoms with E-state index in [0.29, 0.717) is 23.1 Å². The predicted molar refractivity (Wildman–Crippen MR) is 97.9 cm³/mol. The van der Waals surface area contributed by atoms with Crippen LogP contribution in [0, 0.1) is 6.92 Å². The highest BCUT2D eigenvalue weighted by Crippen LogP contribution is 2.22. The zero-order valence-electron chi connectivity index (χ0n) is 14.8. The summed E-state index contributed by atoms with van der Waals surface area (Å²) < 4.78 is 7.57. The molecule has 27 heavy (non-hydrogen) atoms. The van der Waals surface area contributed by atoms with E-state index in [9.17, 15) is 9.59 Å². The lowest BCUT2D eigenvalue weighted by Gasteiger charge is -2.09. The van der Waals surface area contributed by atoms with Crippen molar-refractivity contribution in [1.29, 1.82) is 0 Å². The topological polar surface area (TPSA) is 111 Å². The maximum absolute atomic E-state index is 11.6. The fraction of sp³-hybridized carbons (Fsp3) is 0.167. The summed E-state index contributed by atoms with van der Waals surface area (Å²) in [5, 5.41) is 4.65. The van der Waals surface area contributed by atoms with Crippen LogP contribution in [0.15, 0.2) is 49.2 Å². The van der Waals surface area contributed by atoms with Crippen LogP contribution in [0.1, 0.15) is 19.0 Å². The molecule has 3 aromatic heterocycles. The molecule has 0 aliphatic carbocycles. The van der Waals surface area contributed by atoms with Crippen LogP contribution in [-0.4, -0.2) is 31.5 Å². The van der Waals surface area contributed by atoms with E-state index in [2.05, 4.69) is 25.6 Å². The molecule has 0 saturated heterocycles. The molecule has 0 aliphatic rings. The number of imide groups is 1. The number of aromatic nitrogens is 4. The number of urea groups is 1. The molecule has 9 heteroatoms. The number of amides is 3. The van der Waals surface area contributed by atoms with Gasteiger partial charge in [-0.15, -0.1) is 0 Å². The number of nitrogens with one attached hydrogen (secondary N) is 2. The quantitative estimate of drug-likeness (QED) is 0.718. The summed E-state index contributed by atoms with van der Waals surface area (Å²) in [7, 11) is 0. The number of carbonyl (C=O) groups excluding carboxylic acids is 2. The number of hydrogen-bond donors (Lipinski definition) is 2. The van der Waals surface area contributed by atoms with E-state index in [-0.39, 0.29) is 12.3 Å². The number of hydrogen-bond acceptors (Lipinski definition) is 6. The number of imidazole rings is 1. The minimum absolute atomic E-state index is 0.222. The van der Waals surface area contributed by atoms with Gasteiger partial charge in [0.15, 0.2) is 0 Å². The van der Waals surface area contributed by atoms with E-state index < -0.39 is 6.03 Å². The summed E-state index contributed by atoms with van der Waals surface area (Å²) >= 11 is 0. The fourth-order valence-corrected chi connectivity index (χ4v) is 2.16. The van der Waals surface area contributed by atoms with Gasteiger partial charge in [0, 0.05) is 24.9 Å². The van der Waals surface area contributed by atoms with Crippen molar-refractivity contribution < 1.29 is 14.3 Å². The van der Waals surface area contributed by atoms with Gasteiger partial charge in [-0.3, -0.25) is 20.0 Å². The summed E-state index contributed by atoms with van der Waals surface area (Å²) in [5.74, 6) is 1.68. The molecule has 0 aliphatic heterocycles. The second-order valence-electron chi connectivity index (χ2n) is 5.61. The van der Waals surface area contributed by atoms with Gasteiger partial charge in [-0.2, -0.15) is 0 Å². The third-order valence-corrected chi connectivity index (χ3v) is 3.48. The van der Waals surface area contributed by atoms with Crippen LogP contribution in [0.5, 0.6) is 11.5 Å². The molecule has 3 amide bonds. The third kappa shape index (κ3) is 4.88. The van der Waals surface area contributed by atoms with Crippen LogP contribution in [0.25, 0.3) is 5.82 Å². The molecule has 0 aromatic carbocycles. The van der Waals surface area contributed by atoms with Gasteiger partial charge in [-0.25, -0.2) is 19.7 Å². The number of anilines is 1. The second-order valence-corrected chi connectivity index (χ2v) is 5.61. The Bertz CT molecular complexity index is 952. The first-order valence-corrected chi connectivity index (χ1v) is 8.25. The van der Waals surface area contributed by atoms with Crippen LogP contribution >= 0.6 is 0 Å². The van der Waals surface area contributed by atoms with Crippen molar-refractivity contribution in [3.05, 3.63) is 54.9 Å². The summed E-state index contributed by atoms with van der Waals surface area (Å²) in [6.07, 6.45) is 6.87. The second kappa shape index (κ2) is 8.09. The first kappa shape index (κ1) is 18.1. The predicted octanol–water partition coefficient (Wildman–Crippen LogP) is 2.82. The number of ether oxygens (including phenoxy) is 1. The minimum Gasteiger partial charge on any atom is -0.456 e. The number of aryl methyl sites for hydroxylation is 1. The van der Waals surface area contributed by atoms with Gasteiger partial charge in [0.05, 0.1) is 11.9 Å². The first-order chi connectivity index (χ1) is 13.0. The molecule has 9 nitrogen and oxygen atoms in total. The van der Waals surface area contributed by atoms with Crippen LogP contribution in [0.3, 0.4) is 0 Å². The maximum Gasteiger partial charge on any atom is 0.327 e. The SMILES string of the molecule is CCC(=O)NC(=O)Nc1ccc(Oc2ccnc(-n3cnc(C)c3)c2)cn1. The molecule has 2 N–H and O–H groups in total. The van der Waals surface area contributed by atoms with Gasteiger partial charge in [0.1, 0.15) is 29.5 Å². The summed E-state index contributed by atoms with van der Waals surface area (Å²) in [6.45, 7) is 3.56. The van der Waals surface area contributed by atoms with E-state index in [1.807, 2.05) is 13.1 Å². The van der Waals surface area contributed by atoms with Gasteiger partial charge in [0.2, 0.25) is 5.91 Å². The highest BCUT2D eigenvalue weighted by atomic mass is 16.5. The lowest BCUT2D eigenvalue weighted by molar-refractivity contribution is -0.119. The molecule has 3 heterocycles. The summed E-state index contributed by atoms with van der Waals surface area (Å²) in [4.78, 5) is 35.3. The molecule has 0 bridgehead atoms. The average Bonchev–Trinajstić information content (AvgIpc) is 3.10. The lowest BCUT2D eigenvalue weighted by atomic mass is 10.4. The molecule has 0 saturated carbocycles. The van der Waals surface area contributed by atoms with E-state index in [4.69, 9.17) is 4.74 Å². The number of rotatable bonds is 5. The number of pyridine rings is 2. The lowest BCUT2D eigenvalue weighted by Crippen LogP contribution is -2.33. The first-order valence-electron chi connectivity index (χ1n) is 8.25. The highest BCUT2D eigenvalue weighted by Gasteiger charge is 2.07. The Labute approximate surface area is 155 Å². The Morgan fingerprint density at radius 1 is 1.15 bits per heavy atom. The molecule has 3 rings (SSSR count). The van der Waals surface area contributed by atoms with Crippen LogP contribution < -0.4 is 15.4 Å². The Kier molecular flexibility index (Phi) is 5.41. The average molecular weight is 366 g/mol. The standard InChI is InChI=1S/C18H18N6O3/c1-3-17(25)23-18(26)22-15-5-4-14(9-20-15)27-13-6-7-19-16(8-13)24-10-12(2)21-11-24/h4-11H,3H2,1-2H3,(H2,20,22,23,25,26). The normalized spacial score (nSPS) is 10.3. The molecular formula is C18H18N6O3. The molecule has 0 spiro atoms. The van der Waals surface area contributed by atoms with Gasteiger partial charge in [-0.1, -0.05) is 6.92 Å². The van der Waals surface area contributed by atoms with Crippen molar-refractivity contribution in [3.8, 4) is 17.3 Å². The van der Waals surface area contributed by atoms with Gasteiger partial charge < -0.3 is 4.74 Å². The maximum atomic E-state index is 11.6. The molecule has 0 atom stereocenters. The molecule has 138 valence electrons. The van der Waals surface area contributed by atoms with E-state index in [1.165, 1.54) is 6.20 Å². The summed E-state index contributed by atoms with van der Waals surface area (Å²) in [6, 6.07) is 6.11. The molecule has 0 unspecified atom stereocenters. The molecule has 0 fully saturated rings. The number of carbonyl (C=O) groups is 2. The van der Waals surface area contributed by atoms with Crippen molar-refractivity contribution >= 4 is 17.8 Å². The Hall–Kier alpha value is -3.75. The van der Waals surface area contributed by atoms with Crippen molar-refractivity contribution in [2.45, 2.75) is 20.3 Å². The van der Waals surface area contributed by atoms with Crippen molar-refractivity contribution in [1.82, 2.24) is 24.8 Å². The van der Waals surface area contributed by atoms with Crippen molar-refractivity contribution in [3.63, 3.8) is 0 Å². The Balaban J connectivity index is 1.65. The van der Waals surface area contributed by atoms with Gasteiger partial charge in [0.25, 0.3) is 0 Å². The molecule has 0 radical (unpaired) electrons. The van der Waals surface area contributed by atoms with Crippen LogP contribution in [-0.2, 0) is 4.79 Å². The Morgan fingerprint density at radius 2 is 2.00 bits per heavy atom. The molecule has 3 aromatic rings. The third-order valence-electron chi connectivity index (χ3n) is 3.48. The largest absolute Gasteiger partial charge is 0.456 e. The Morgan fingerprint density at radius 3 is 2.67 bits per heavy atom.